The van der Waals surface area contributed by atoms with Crippen LogP contribution in [0, 0.1) is 35.3 Å². The van der Waals surface area contributed by atoms with Gasteiger partial charge in [-0.3, -0.25) is 28.8 Å². The van der Waals surface area contributed by atoms with E-state index in [1.165, 1.54) is 60.7 Å². The highest BCUT2D eigenvalue weighted by atomic mass is 19.1. The molecule has 16 nitrogen and oxygen atoms in total. The maximum atomic E-state index is 15.0. The fraction of sp³-hybridized carbons (Fsp3) is 0.393. The normalized spacial score (nSPS) is 19.6. The van der Waals surface area contributed by atoms with Crippen molar-refractivity contribution in [1.82, 2.24) is 10.6 Å². The Kier molecular flexibility index (Phi) is 20.2. The summed E-state index contributed by atoms with van der Waals surface area (Å²) >= 11 is 0. The molecule has 0 aromatic heterocycles. The van der Waals surface area contributed by atoms with E-state index in [0.717, 1.165) is 23.3 Å². The van der Waals surface area contributed by atoms with Crippen LogP contribution in [-0.4, -0.2) is 95.2 Å². The molecule has 8 N–H and O–H groups in total. The standard InChI is InChI=1S/C56H64F2N4O12/c1-31(2)45(59)55(69)71-25-13-23-43(63)39-27-33-15-5-9-19-37(33)47(39)61-53(67)51(73-29-35-17-7-11-21-41(35)57)49(65)50(66)52(74-30-36-18-8-12-22-42(36)58)54(68)62-48-38-20-10-6-16-34(38)28-40(48)44(64)24-14-26-72-56(70)46(60)32(3)4/h5-24,31-32,39-40,45-52,65-66H,25-30,59-60H2,1-4H3,(H,61,67)(H,62,68)/b23-13-,24-14-/t39-,40-,45-,46-,47+,48+,49+,50+,51+,52+/m0/s1. The van der Waals surface area contributed by atoms with E-state index < -0.39 is 121 Å². The van der Waals surface area contributed by atoms with Gasteiger partial charge in [0.05, 0.1) is 37.1 Å². The summed E-state index contributed by atoms with van der Waals surface area (Å²) in [5, 5.41) is 29.9. The molecule has 0 aliphatic heterocycles. The molecule has 0 heterocycles. The number of allylic oxidation sites excluding steroid dienone is 2. The molecule has 74 heavy (non-hydrogen) atoms. The third-order valence-corrected chi connectivity index (χ3v) is 13.2. The van der Waals surface area contributed by atoms with Crippen molar-refractivity contribution in [2.75, 3.05) is 13.2 Å². The summed E-state index contributed by atoms with van der Waals surface area (Å²) in [4.78, 5) is 81.7. The van der Waals surface area contributed by atoms with Crippen LogP contribution in [0.5, 0.6) is 0 Å². The van der Waals surface area contributed by atoms with Gasteiger partial charge in [0.15, 0.2) is 23.8 Å². The third-order valence-electron chi connectivity index (χ3n) is 13.2. The minimum absolute atomic E-state index is 0.0292. The molecule has 0 saturated heterocycles. The summed E-state index contributed by atoms with van der Waals surface area (Å²) in [7, 11) is 0. The number of rotatable bonds is 25. The highest BCUT2D eigenvalue weighted by Crippen LogP contribution is 2.39. The van der Waals surface area contributed by atoms with Crippen LogP contribution in [0.3, 0.4) is 0 Å². The first-order valence-corrected chi connectivity index (χ1v) is 24.5. The molecule has 0 saturated carbocycles. The Bertz CT molecular complexity index is 2510. The van der Waals surface area contributed by atoms with Crippen LogP contribution in [0.4, 0.5) is 8.78 Å². The van der Waals surface area contributed by atoms with Crippen molar-refractivity contribution in [3.8, 4) is 0 Å². The van der Waals surface area contributed by atoms with E-state index in [-0.39, 0.29) is 49.0 Å². The monoisotopic (exact) mass is 1020 g/mol. The Balaban J connectivity index is 1.28. The summed E-state index contributed by atoms with van der Waals surface area (Å²) in [5.74, 6) is -7.95. The van der Waals surface area contributed by atoms with Crippen molar-refractivity contribution in [2.45, 2.75) is 102 Å². The number of benzene rings is 4. The van der Waals surface area contributed by atoms with Gasteiger partial charge in [0.1, 0.15) is 49.1 Å². The first-order valence-electron chi connectivity index (χ1n) is 24.5. The number of aliphatic hydroxyl groups excluding tert-OH is 2. The van der Waals surface area contributed by atoms with Crippen LogP contribution >= 0.6 is 0 Å². The molecule has 2 aliphatic rings. The second-order valence-corrected chi connectivity index (χ2v) is 19.0. The zero-order valence-electron chi connectivity index (χ0n) is 41.6. The summed E-state index contributed by atoms with van der Waals surface area (Å²) in [6.45, 7) is 5.31. The Morgan fingerprint density at radius 2 is 0.932 bits per heavy atom. The first kappa shape index (κ1) is 56.5. The number of nitrogens with one attached hydrogen (secondary N) is 2. The number of halogens is 2. The number of ether oxygens (including phenoxy) is 4. The lowest BCUT2D eigenvalue weighted by Crippen LogP contribution is -2.57. The smallest absolute Gasteiger partial charge is 0.323 e. The van der Waals surface area contributed by atoms with Gasteiger partial charge >= 0.3 is 11.9 Å². The number of amides is 2. The number of carbonyl (C=O) groups excluding carboxylic acids is 6. The predicted molar refractivity (Wildman–Crippen MR) is 267 cm³/mol. The van der Waals surface area contributed by atoms with Gasteiger partial charge in [0.2, 0.25) is 0 Å². The molecule has 4 aromatic carbocycles. The molecule has 6 rings (SSSR count). The van der Waals surface area contributed by atoms with Crippen molar-refractivity contribution < 1.29 is 66.7 Å². The molecule has 2 amide bonds. The predicted octanol–water partition coefficient (Wildman–Crippen LogP) is 4.52. The number of hydrogen-bond acceptors (Lipinski definition) is 14. The molecule has 0 radical (unpaired) electrons. The average Bonchev–Trinajstić information content (AvgIpc) is 3.94. The van der Waals surface area contributed by atoms with Crippen molar-refractivity contribution in [1.29, 1.82) is 0 Å². The second kappa shape index (κ2) is 26.4. The largest absolute Gasteiger partial charge is 0.460 e. The van der Waals surface area contributed by atoms with E-state index in [1.54, 1.807) is 76.2 Å². The zero-order valence-corrected chi connectivity index (χ0v) is 41.6. The number of nitrogens with two attached hydrogens (primary N) is 2. The summed E-state index contributed by atoms with van der Waals surface area (Å²) in [6.07, 6.45) is -3.34. The minimum atomic E-state index is -2.33. The molecule has 18 heteroatoms. The van der Waals surface area contributed by atoms with E-state index in [0.29, 0.717) is 11.1 Å². The maximum absolute atomic E-state index is 15.0. The molecule has 0 spiro atoms. The van der Waals surface area contributed by atoms with E-state index in [2.05, 4.69) is 10.6 Å². The fourth-order valence-electron chi connectivity index (χ4n) is 8.73. The number of ketones is 2. The SMILES string of the molecule is CC(C)[C@H](N)C(=O)OC/C=C\C(=O)[C@@H]1Cc2ccccc2[C@H]1NC(=O)[C@H](OCc1ccccc1F)[C@H](O)[C@@H](O)[C@@H](OCc1ccccc1F)C(=O)N[C@@H]1c2ccccc2C[C@H]1C(=O)/C=C\COC(=O)[C@@H](N)C(C)C. The Morgan fingerprint density at radius 3 is 1.30 bits per heavy atom. The lowest BCUT2D eigenvalue weighted by molar-refractivity contribution is -0.171. The lowest BCUT2D eigenvalue weighted by Gasteiger charge is -2.33. The highest BCUT2D eigenvalue weighted by Gasteiger charge is 2.46. The fourth-order valence-corrected chi connectivity index (χ4v) is 8.73. The number of aliphatic hydroxyl groups is 2. The van der Waals surface area contributed by atoms with Crippen LogP contribution < -0.4 is 22.1 Å². The van der Waals surface area contributed by atoms with Crippen molar-refractivity contribution in [2.24, 2.45) is 35.1 Å². The van der Waals surface area contributed by atoms with Crippen LogP contribution in [-0.2, 0) is 73.8 Å². The highest BCUT2D eigenvalue weighted by molar-refractivity contribution is 5.95. The lowest BCUT2D eigenvalue weighted by atomic mass is 9.93. The Hall–Kier alpha value is -6.80. The number of carbonyl (C=O) groups is 6. The van der Waals surface area contributed by atoms with Crippen LogP contribution in [0.1, 0.15) is 73.2 Å². The van der Waals surface area contributed by atoms with Crippen molar-refractivity contribution in [3.05, 3.63) is 166 Å². The van der Waals surface area contributed by atoms with Crippen molar-refractivity contribution >= 4 is 35.3 Å². The topological polar surface area (TPSA) is 256 Å². The summed E-state index contributed by atoms with van der Waals surface area (Å²) < 4.78 is 52.4. The van der Waals surface area contributed by atoms with Crippen LogP contribution in [0.15, 0.2) is 121 Å². The van der Waals surface area contributed by atoms with E-state index in [1.807, 2.05) is 0 Å². The zero-order chi connectivity index (χ0) is 53.6. The van der Waals surface area contributed by atoms with Gasteiger partial charge in [-0.15, -0.1) is 0 Å². The van der Waals surface area contributed by atoms with Gasteiger partial charge in [0, 0.05) is 11.1 Å². The van der Waals surface area contributed by atoms with Gasteiger partial charge in [-0.05, 0) is 83.4 Å². The van der Waals surface area contributed by atoms with Gasteiger partial charge in [-0.25, -0.2) is 8.78 Å². The second-order valence-electron chi connectivity index (χ2n) is 19.0. The molecular formula is C56H64F2N4O12. The first-order chi connectivity index (χ1) is 35.4. The Labute approximate surface area is 428 Å². The quantitative estimate of drug-likeness (QED) is 0.0395. The van der Waals surface area contributed by atoms with E-state index in [9.17, 15) is 39.0 Å². The number of esters is 2. The summed E-state index contributed by atoms with van der Waals surface area (Å²) in [6, 6.07) is 21.1. The van der Waals surface area contributed by atoms with Gasteiger partial charge < -0.3 is 51.3 Å². The number of hydrogen-bond donors (Lipinski definition) is 6. The minimum Gasteiger partial charge on any atom is -0.460 e. The molecule has 4 aromatic rings. The van der Waals surface area contributed by atoms with E-state index in [4.69, 9.17) is 30.4 Å². The van der Waals surface area contributed by atoms with E-state index >= 15 is 8.78 Å². The molecule has 394 valence electrons. The summed E-state index contributed by atoms with van der Waals surface area (Å²) in [5.41, 5.74) is 14.3. The van der Waals surface area contributed by atoms with Crippen LogP contribution in [0.2, 0.25) is 0 Å². The van der Waals surface area contributed by atoms with Gasteiger partial charge in [-0.2, -0.15) is 0 Å². The van der Waals surface area contributed by atoms with Gasteiger partial charge in [0.25, 0.3) is 11.8 Å². The molecule has 0 bridgehead atoms. The molecular weight excluding hydrogens is 959 g/mol. The molecule has 2 aliphatic carbocycles. The average molecular weight is 1020 g/mol. The van der Waals surface area contributed by atoms with Crippen molar-refractivity contribution in [3.63, 3.8) is 0 Å². The molecule has 0 fully saturated rings. The third kappa shape index (κ3) is 14.3. The molecule has 10 atom stereocenters. The number of fused-ring (bicyclic) bond motifs is 2. The van der Waals surface area contributed by atoms with Crippen LogP contribution in [0.25, 0.3) is 0 Å². The maximum Gasteiger partial charge on any atom is 0.323 e. The molecule has 0 unspecified atom stereocenters. The van der Waals surface area contributed by atoms with Gasteiger partial charge in [-0.1, -0.05) is 113 Å². The Morgan fingerprint density at radius 1 is 0.581 bits per heavy atom.